The van der Waals surface area contributed by atoms with Crippen molar-refractivity contribution in [2.75, 3.05) is 187 Å². The number of alkyl halides is 2. The molecule has 0 unspecified atom stereocenters. The number of thiazole rings is 2. The molecule has 14 rings (SSSR count). The van der Waals surface area contributed by atoms with Gasteiger partial charge in [0.15, 0.2) is 10.3 Å². The first kappa shape index (κ1) is 82.3. The molecule has 0 bridgehead atoms. The third kappa shape index (κ3) is 29.2. The van der Waals surface area contributed by atoms with Gasteiger partial charge in [0, 0.05) is 127 Å². The van der Waals surface area contributed by atoms with E-state index in [2.05, 4.69) is 67.8 Å². The smallest absolute Gasteiger partial charge is 0.418 e. The maximum Gasteiger partial charge on any atom is 0.418 e. The highest BCUT2D eigenvalue weighted by molar-refractivity contribution is 7.19. The van der Waals surface area contributed by atoms with Gasteiger partial charge in [-0.2, -0.15) is 0 Å². The number of carbonyl (C=O) groups excluding carboxylic acids is 3. The molecule has 0 aliphatic carbocycles. The highest BCUT2D eigenvalue weighted by Gasteiger charge is 2.31. The van der Waals surface area contributed by atoms with Crippen molar-refractivity contribution < 1.29 is 53.0 Å². The second kappa shape index (κ2) is 46.6. The number of hydrogen-bond donors (Lipinski definition) is 6. The van der Waals surface area contributed by atoms with E-state index in [0.29, 0.717) is 41.0 Å². The summed E-state index contributed by atoms with van der Waals surface area (Å²) in [6.45, 7) is 29.4. The number of nitrogens with zero attached hydrogens (tertiary/aromatic N) is 10. The molecular formula is C70H106B2Cl2N14O12S2. The molecule has 9 aliphatic rings. The molecule has 3 aromatic carbocycles. The van der Waals surface area contributed by atoms with Gasteiger partial charge in [-0.3, -0.25) is 45.1 Å². The summed E-state index contributed by atoms with van der Waals surface area (Å²) in [7, 11) is -0.677. The number of anilines is 2. The van der Waals surface area contributed by atoms with Gasteiger partial charge in [-0.05, 0) is 141 Å². The first-order valence-corrected chi connectivity index (χ1v) is 38.9. The van der Waals surface area contributed by atoms with Crippen molar-refractivity contribution in [3.05, 3.63) is 107 Å². The van der Waals surface area contributed by atoms with Gasteiger partial charge in [0.1, 0.15) is 11.5 Å². The Morgan fingerprint density at radius 2 is 0.902 bits per heavy atom. The lowest BCUT2D eigenvalue weighted by atomic mass is 9.82. The maximum atomic E-state index is 12.5. The van der Waals surface area contributed by atoms with E-state index in [9.17, 15) is 29.5 Å². The number of non-ortho nitro benzene ring substituents is 1. The van der Waals surface area contributed by atoms with E-state index in [1.807, 2.05) is 71.3 Å². The average molecular weight is 1490 g/mol. The Morgan fingerprint density at radius 1 is 0.549 bits per heavy atom. The largest absolute Gasteiger partial charge is 0.437 e. The lowest BCUT2D eigenvalue weighted by Gasteiger charge is -2.40. The summed E-state index contributed by atoms with van der Waals surface area (Å²) in [6, 6.07) is 27.9. The van der Waals surface area contributed by atoms with Crippen molar-refractivity contribution in [1.82, 2.24) is 54.7 Å². The molecule has 6 N–H and O–H groups in total. The van der Waals surface area contributed by atoms with Crippen LogP contribution in [-0.2, 0) is 23.7 Å². The van der Waals surface area contributed by atoms with Gasteiger partial charge in [0.25, 0.3) is 5.69 Å². The number of rotatable bonds is 12. The van der Waals surface area contributed by atoms with E-state index >= 15 is 0 Å². The number of urea groups is 1. The minimum Gasteiger partial charge on any atom is -0.437 e. The zero-order chi connectivity index (χ0) is 72.1. The predicted octanol–water partition coefficient (Wildman–Crippen LogP) is 8.69. The summed E-state index contributed by atoms with van der Waals surface area (Å²) in [5, 5.41) is 42.7. The van der Waals surface area contributed by atoms with Crippen LogP contribution in [0.5, 0.6) is 5.75 Å². The molecule has 0 radical (unpaired) electrons. The van der Waals surface area contributed by atoms with Gasteiger partial charge in [0.2, 0.25) is 0 Å². The number of piperidine rings is 5. The standard InChI is InChI=1S/C19H24N4O2S.C16H11N3O4S.C10H21BN2O2.2C9H18N2O.C6H12BNO2.CH2Cl2/c24-19(21-18-20-14-17(26-18)15-4-2-1-3-5-15)23-8-6-16(7-9-23)22-10-12-25-13-11-22;20-16(23-13-8-6-12(7-9-13)19(21)22)18-15-17-10-14(24-15)11-4-2-1-3-5-11;1-11(14)13-4-2-10(3-5-13)12-6-8-15-9-7-12;2*1-3-10-4-2-9(1)11-5-7-12-8-6-11;1-7(10)8-4-2-6(9)3-5-8;2-1-3/h1-5,14,16H,6-13H2,(H,20,21,24);1-10H,(H,17,18,20);10,14H,2-9H2,1H3;2*9-10H,1-8H2;10H,2-5H2,1H3;1H2. The number of carbonyl (C=O) groups is 3. The Balaban J connectivity index is 0.000000159. The molecule has 0 spiro atoms. The quantitative estimate of drug-likeness (QED) is 0.0295. The Labute approximate surface area is 620 Å². The molecule has 26 nitrogen and oxygen atoms in total. The summed E-state index contributed by atoms with van der Waals surface area (Å²) < 4.78 is 26.5. The molecule has 5 aromatic rings. The molecule has 32 heteroatoms. The SMILES string of the molecule is C1CC(N2CCOCC2)CCN1.C1CC(N2CCOCC2)CCN1.CB(O)N1CCC(=O)CC1.CB(O)N1CCC(N2CCOCC2)CC1.ClCCl.O=C(Nc1ncc(-c2ccccc2)s1)N1CCC(N2CCOCC2)CC1.O=C(Nc1ncc(-c2ccccc2)s1)Oc1ccc([N+](=O)[O-])cc1. The normalized spacial score (nSPS) is 20.4. The molecule has 560 valence electrons. The number of ether oxygens (including phenoxy) is 5. The number of Topliss-reactive ketones (excluding diaryl/α,β-unsaturated/α-hetero) is 1. The average Bonchev–Trinajstić information content (AvgIpc) is 1.61. The molecular weight excluding hydrogens is 1390 g/mol. The third-order valence-corrected chi connectivity index (χ3v) is 21.3. The highest BCUT2D eigenvalue weighted by Crippen LogP contribution is 2.31. The number of benzene rings is 3. The molecule has 9 fully saturated rings. The number of ketones is 1. The first-order valence-electron chi connectivity index (χ1n) is 36.2. The molecule has 3 amide bonds. The lowest BCUT2D eigenvalue weighted by molar-refractivity contribution is -0.384. The Bertz CT molecular complexity index is 3060. The molecule has 2 aromatic heterocycles. The number of morpholine rings is 4. The van der Waals surface area contributed by atoms with Crippen LogP contribution in [-0.4, -0.2) is 291 Å². The van der Waals surface area contributed by atoms with Crippen molar-refractivity contribution in [1.29, 1.82) is 0 Å². The van der Waals surface area contributed by atoms with E-state index in [4.69, 9.17) is 51.9 Å². The number of hydrogen-bond acceptors (Lipinski definition) is 24. The number of halogens is 2. The summed E-state index contributed by atoms with van der Waals surface area (Å²) >= 11 is 12.4. The Morgan fingerprint density at radius 3 is 1.27 bits per heavy atom. The minimum atomic E-state index is -0.710. The monoisotopic (exact) mass is 1490 g/mol. The van der Waals surface area contributed by atoms with Crippen molar-refractivity contribution >= 4 is 93.8 Å². The Hall–Kier alpha value is -5.32. The van der Waals surface area contributed by atoms with Crippen LogP contribution in [0.1, 0.15) is 64.2 Å². The Kier molecular flexibility index (Phi) is 37.6. The van der Waals surface area contributed by atoms with Crippen LogP contribution in [0.15, 0.2) is 97.3 Å². The first-order chi connectivity index (χ1) is 49.7. The van der Waals surface area contributed by atoms with Gasteiger partial charge in [0.05, 0.1) is 72.9 Å². The second-order valence-corrected chi connectivity index (χ2v) is 28.8. The van der Waals surface area contributed by atoms with E-state index in [0.717, 1.165) is 190 Å². The van der Waals surface area contributed by atoms with E-state index in [1.165, 1.54) is 112 Å². The fraction of sp³-hybridized carbons (Fsp3) is 0.614. The fourth-order valence-electron chi connectivity index (χ4n) is 13.5. The van der Waals surface area contributed by atoms with Crippen molar-refractivity contribution in [3.8, 4) is 26.6 Å². The van der Waals surface area contributed by atoms with Crippen LogP contribution in [0.4, 0.5) is 25.5 Å². The van der Waals surface area contributed by atoms with Crippen LogP contribution < -0.4 is 26.0 Å². The summed E-state index contributed by atoms with van der Waals surface area (Å²) in [5.74, 6) is 0.523. The maximum absolute atomic E-state index is 12.5. The van der Waals surface area contributed by atoms with Crippen LogP contribution in [0, 0.1) is 10.1 Å². The van der Waals surface area contributed by atoms with Crippen molar-refractivity contribution in [3.63, 3.8) is 0 Å². The molecule has 11 heterocycles. The number of likely N-dealkylation sites (tertiary alicyclic amines) is 1. The number of nitrogens with one attached hydrogen (secondary N) is 4. The lowest BCUT2D eigenvalue weighted by Crippen LogP contribution is -2.51. The van der Waals surface area contributed by atoms with Crippen LogP contribution in [0.2, 0.25) is 13.6 Å². The van der Waals surface area contributed by atoms with Gasteiger partial charge in [-0.25, -0.2) is 19.6 Å². The summed E-state index contributed by atoms with van der Waals surface area (Å²) in [5.41, 5.74) is 2.05. The number of nitro groups is 1. The summed E-state index contributed by atoms with van der Waals surface area (Å²) in [4.78, 5) is 71.8. The predicted molar refractivity (Wildman–Crippen MR) is 407 cm³/mol. The second-order valence-electron chi connectivity index (χ2n) is 26.0. The van der Waals surface area contributed by atoms with E-state index in [1.54, 1.807) is 13.0 Å². The highest BCUT2D eigenvalue weighted by atomic mass is 35.5. The fourth-order valence-corrected chi connectivity index (χ4v) is 15.1. The van der Waals surface area contributed by atoms with E-state index < -0.39 is 18.1 Å². The molecule has 9 saturated heterocycles. The van der Waals surface area contributed by atoms with Crippen molar-refractivity contribution in [2.24, 2.45) is 0 Å². The summed E-state index contributed by atoms with van der Waals surface area (Å²) in [6.07, 6.45) is 13.7. The number of nitro benzene ring substituents is 1. The molecule has 102 heavy (non-hydrogen) atoms. The molecule has 0 saturated carbocycles. The number of amides is 3. The zero-order valence-electron chi connectivity index (χ0n) is 59.4. The minimum absolute atomic E-state index is 0.0422. The molecule has 9 aliphatic heterocycles. The number of aromatic nitrogens is 2. The van der Waals surface area contributed by atoms with Gasteiger partial charge in [-0.1, -0.05) is 83.3 Å². The van der Waals surface area contributed by atoms with Crippen LogP contribution in [0.3, 0.4) is 0 Å². The topological polar surface area (TPSA) is 278 Å². The zero-order valence-corrected chi connectivity index (χ0v) is 62.5. The third-order valence-electron chi connectivity index (χ3n) is 19.3. The van der Waals surface area contributed by atoms with Crippen molar-refractivity contribution in [2.45, 2.75) is 102 Å². The van der Waals surface area contributed by atoms with Gasteiger partial charge in [-0.15, -0.1) is 23.2 Å². The van der Waals surface area contributed by atoms with Crippen LogP contribution >= 0.6 is 45.9 Å². The molecule has 0 atom stereocenters. The van der Waals surface area contributed by atoms with Gasteiger partial charge >= 0.3 is 26.2 Å². The van der Waals surface area contributed by atoms with Crippen LogP contribution in [0.25, 0.3) is 20.9 Å². The van der Waals surface area contributed by atoms with Gasteiger partial charge < -0.3 is 58.9 Å². The van der Waals surface area contributed by atoms with E-state index in [-0.39, 0.29) is 29.9 Å².